The number of aromatic carboxylic acids is 1. The van der Waals surface area contributed by atoms with Crippen LogP contribution in [0.25, 0.3) is 0 Å². The molecule has 0 spiro atoms. The van der Waals surface area contributed by atoms with E-state index in [1.165, 1.54) is 19.2 Å². The first-order chi connectivity index (χ1) is 6.07. The molecule has 13 heavy (non-hydrogen) atoms. The largest absolute Gasteiger partial charge is 0.507 e. The van der Waals surface area contributed by atoms with Crippen molar-refractivity contribution in [3.8, 4) is 11.5 Å². The van der Waals surface area contributed by atoms with Crippen LogP contribution in [0, 0.1) is 0 Å². The molecule has 0 aliphatic carbocycles. The molecule has 0 aliphatic rings. The molecule has 4 N–H and O–H groups in total. The molecule has 5 heteroatoms. The Hall–Kier alpha value is -1.91. The maximum Gasteiger partial charge on any atom is 0.343 e. The van der Waals surface area contributed by atoms with Crippen LogP contribution in [-0.4, -0.2) is 28.3 Å². The fourth-order valence-electron chi connectivity index (χ4n) is 0.993. The number of rotatable bonds is 2. The van der Waals surface area contributed by atoms with Crippen molar-refractivity contribution in [1.29, 1.82) is 0 Å². The minimum Gasteiger partial charge on any atom is -0.507 e. The van der Waals surface area contributed by atoms with Gasteiger partial charge in [0.05, 0.1) is 5.69 Å². The summed E-state index contributed by atoms with van der Waals surface area (Å²) >= 11 is 0. The maximum atomic E-state index is 10.6. The van der Waals surface area contributed by atoms with Gasteiger partial charge in [-0.25, -0.2) is 4.79 Å². The number of aromatic hydroxyl groups is 2. The van der Waals surface area contributed by atoms with E-state index in [4.69, 9.17) is 10.2 Å². The summed E-state index contributed by atoms with van der Waals surface area (Å²) in [5.74, 6) is -2.29. The fraction of sp³-hybridized carbons (Fsp3) is 0.125. The van der Waals surface area contributed by atoms with Crippen LogP contribution < -0.4 is 5.32 Å². The van der Waals surface area contributed by atoms with Gasteiger partial charge in [-0.15, -0.1) is 0 Å². The van der Waals surface area contributed by atoms with Crippen molar-refractivity contribution in [2.45, 2.75) is 0 Å². The topological polar surface area (TPSA) is 89.8 Å². The third kappa shape index (κ3) is 1.48. The molecule has 1 aromatic carbocycles. The van der Waals surface area contributed by atoms with Gasteiger partial charge >= 0.3 is 5.97 Å². The molecular formula is C8H9NO4. The van der Waals surface area contributed by atoms with E-state index >= 15 is 0 Å². The predicted molar refractivity (Wildman–Crippen MR) is 46.3 cm³/mol. The number of nitrogens with one attached hydrogen (secondary N) is 1. The van der Waals surface area contributed by atoms with Gasteiger partial charge in [0.25, 0.3) is 0 Å². The molecule has 0 amide bonds. The second-order valence-electron chi connectivity index (χ2n) is 2.41. The maximum absolute atomic E-state index is 10.6. The van der Waals surface area contributed by atoms with Crippen molar-refractivity contribution in [3.05, 3.63) is 17.7 Å². The van der Waals surface area contributed by atoms with Crippen LogP contribution in [0.3, 0.4) is 0 Å². The second-order valence-corrected chi connectivity index (χ2v) is 2.41. The van der Waals surface area contributed by atoms with E-state index in [1.807, 2.05) is 0 Å². The number of benzene rings is 1. The lowest BCUT2D eigenvalue weighted by Gasteiger charge is -2.07. The Bertz CT molecular complexity index is 348. The molecule has 0 atom stereocenters. The van der Waals surface area contributed by atoms with Crippen LogP contribution in [0.4, 0.5) is 5.69 Å². The molecule has 0 radical (unpaired) electrons. The first-order valence-electron chi connectivity index (χ1n) is 3.54. The van der Waals surface area contributed by atoms with E-state index in [0.717, 1.165) is 0 Å². The van der Waals surface area contributed by atoms with Gasteiger partial charge in [0, 0.05) is 7.05 Å². The van der Waals surface area contributed by atoms with Gasteiger partial charge < -0.3 is 20.6 Å². The van der Waals surface area contributed by atoms with Gasteiger partial charge in [0.15, 0.2) is 5.75 Å². The van der Waals surface area contributed by atoms with Gasteiger partial charge in [-0.1, -0.05) is 0 Å². The highest BCUT2D eigenvalue weighted by Crippen LogP contribution is 2.33. The lowest BCUT2D eigenvalue weighted by Crippen LogP contribution is -2.00. The summed E-state index contributed by atoms with van der Waals surface area (Å²) in [7, 11) is 1.54. The highest BCUT2D eigenvalue weighted by Gasteiger charge is 2.17. The number of hydrogen-bond acceptors (Lipinski definition) is 4. The quantitative estimate of drug-likeness (QED) is 0.403. The number of hydrogen-bond donors (Lipinski definition) is 4. The summed E-state index contributed by atoms with van der Waals surface area (Å²) in [5.41, 5.74) is -0.234. The van der Waals surface area contributed by atoms with Crippen molar-refractivity contribution < 1.29 is 20.1 Å². The van der Waals surface area contributed by atoms with E-state index in [9.17, 15) is 9.90 Å². The van der Waals surface area contributed by atoms with Crippen molar-refractivity contribution in [2.75, 3.05) is 12.4 Å². The lowest BCUT2D eigenvalue weighted by molar-refractivity contribution is 0.0690. The van der Waals surface area contributed by atoms with Crippen LogP contribution in [0.15, 0.2) is 12.1 Å². The molecule has 0 aliphatic heterocycles. The highest BCUT2D eigenvalue weighted by atomic mass is 16.4. The first kappa shape index (κ1) is 9.18. The summed E-state index contributed by atoms with van der Waals surface area (Å²) in [5, 5.41) is 29.7. The molecule has 5 nitrogen and oxygen atoms in total. The van der Waals surface area contributed by atoms with Gasteiger partial charge in [-0.05, 0) is 12.1 Å². The summed E-state index contributed by atoms with van der Waals surface area (Å²) < 4.78 is 0. The number of anilines is 1. The smallest absolute Gasteiger partial charge is 0.343 e. The average molecular weight is 183 g/mol. The zero-order valence-corrected chi connectivity index (χ0v) is 6.90. The van der Waals surface area contributed by atoms with Gasteiger partial charge in [-0.3, -0.25) is 0 Å². The molecule has 0 saturated heterocycles. The molecule has 0 fully saturated rings. The third-order valence-electron chi connectivity index (χ3n) is 1.64. The average Bonchev–Trinajstić information content (AvgIpc) is 2.04. The molecule has 70 valence electrons. The second kappa shape index (κ2) is 3.22. The Kier molecular flexibility index (Phi) is 2.27. The summed E-state index contributed by atoms with van der Waals surface area (Å²) in [6.45, 7) is 0. The normalized spacial score (nSPS) is 9.62. The highest BCUT2D eigenvalue weighted by molar-refractivity contribution is 5.96. The van der Waals surface area contributed by atoms with Crippen molar-refractivity contribution in [3.63, 3.8) is 0 Å². The number of carboxylic acids is 1. The van der Waals surface area contributed by atoms with Crippen LogP contribution in [0.2, 0.25) is 0 Å². The van der Waals surface area contributed by atoms with Crippen molar-refractivity contribution in [1.82, 2.24) is 0 Å². The number of carboxylic acid groups (broad SMARTS) is 1. The van der Waals surface area contributed by atoms with Crippen molar-refractivity contribution >= 4 is 11.7 Å². The minimum absolute atomic E-state index is 0.259. The Labute approximate surface area is 74.3 Å². The Morgan fingerprint density at radius 3 is 2.46 bits per heavy atom. The zero-order valence-electron chi connectivity index (χ0n) is 6.90. The third-order valence-corrected chi connectivity index (χ3v) is 1.64. The summed E-state index contributed by atoms with van der Waals surface area (Å²) in [6, 6.07) is 2.59. The molecular weight excluding hydrogens is 174 g/mol. The van der Waals surface area contributed by atoms with E-state index < -0.39 is 23.0 Å². The van der Waals surface area contributed by atoms with Gasteiger partial charge in [0.1, 0.15) is 11.3 Å². The lowest BCUT2D eigenvalue weighted by atomic mass is 10.1. The summed E-state index contributed by atoms with van der Waals surface area (Å²) in [4.78, 5) is 10.6. The monoisotopic (exact) mass is 183 g/mol. The first-order valence-corrected chi connectivity index (χ1v) is 3.54. The zero-order chi connectivity index (χ0) is 10.0. The van der Waals surface area contributed by atoms with Crippen LogP contribution >= 0.6 is 0 Å². The molecule has 0 bridgehead atoms. The number of carbonyl (C=O) groups is 1. The van der Waals surface area contributed by atoms with E-state index in [0.29, 0.717) is 0 Å². The molecule has 0 unspecified atom stereocenters. The standard InChI is InChI=1S/C8H9NO4/c1-9-4-2-3-5(10)6(7(4)11)8(12)13/h2-3,9-11H,1H3,(H,12,13). The van der Waals surface area contributed by atoms with E-state index in [-0.39, 0.29) is 5.69 Å². The van der Waals surface area contributed by atoms with Crippen LogP contribution in [0.1, 0.15) is 10.4 Å². The Balaban J connectivity index is 3.38. The SMILES string of the molecule is CNc1ccc(O)c(C(=O)O)c1O. The number of phenols is 2. The van der Waals surface area contributed by atoms with Gasteiger partial charge in [0.2, 0.25) is 0 Å². The van der Waals surface area contributed by atoms with Gasteiger partial charge in [-0.2, -0.15) is 0 Å². The molecule has 1 aromatic rings. The van der Waals surface area contributed by atoms with Crippen LogP contribution in [0.5, 0.6) is 11.5 Å². The minimum atomic E-state index is -1.37. The van der Waals surface area contributed by atoms with Crippen LogP contribution in [-0.2, 0) is 0 Å². The molecule has 0 aromatic heterocycles. The fourth-order valence-corrected chi connectivity index (χ4v) is 0.993. The summed E-state index contributed by atoms with van der Waals surface area (Å²) in [6.07, 6.45) is 0. The molecule has 0 heterocycles. The van der Waals surface area contributed by atoms with E-state index in [1.54, 1.807) is 0 Å². The Morgan fingerprint density at radius 1 is 1.38 bits per heavy atom. The predicted octanol–water partition coefficient (Wildman–Crippen LogP) is 0.838. The van der Waals surface area contributed by atoms with Crippen molar-refractivity contribution in [2.24, 2.45) is 0 Å². The van der Waals surface area contributed by atoms with E-state index in [2.05, 4.69) is 5.32 Å². The Morgan fingerprint density at radius 2 is 2.00 bits per heavy atom. The molecule has 1 rings (SSSR count). The molecule has 0 saturated carbocycles.